The van der Waals surface area contributed by atoms with E-state index in [4.69, 9.17) is 0 Å². The van der Waals surface area contributed by atoms with Gasteiger partial charge in [-0.3, -0.25) is 0 Å². The van der Waals surface area contributed by atoms with Crippen molar-refractivity contribution in [2.45, 2.75) is 20.8 Å². The third kappa shape index (κ3) is 2.49. The molecule has 0 bridgehead atoms. The minimum Gasteiger partial charge on any atom is -0.0781 e. The zero-order chi connectivity index (χ0) is 16.0. The summed E-state index contributed by atoms with van der Waals surface area (Å²) < 4.78 is 0. The van der Waals surface area contributed by atoms with Crippen LogP contribution in [0.2, 0.25) is 0 Å². The van der Waals surface area contributed by atoms with Crippen molar-refractivity contribution in [3.05, 3.63) is 87.9 Å². The van der Waals surface area contributed by atoms with Crippen molar-refractivity contribution in [3.8, 4) is 0 Å². The second-order valence-corrected chi connectivity index (χ2v) is 7.30. The normalized spacial score (nSPS) is 23.6. The Kier molecular flexibility index (Phi) is 3.16. The average Bonchev–Trinajstić information content (AvgIpc) is 2.48. The molecular weight excluding hydrogens is 276 g/mol. The topological polar surface area (TPSA) is 0 Å². The molecule has 0 radical (unpaired) electrons. The van der Waals surface area contributed by atoms with Crippen molar-refractivity contribution in [1.82, 2.24) is 0 Å². The fourth-order valence-corrected chi connectivity index (χ4v) is 3.73. The fourth-order valence-electron chi connectivity index (χ4n) is 3.73. The Morgan fingerprint density at radius 1 is 1.04 bits per heavy atom. The standard InChI is InChI=1S/C23H22/c1-16-10-11-17-6-5-9-20-15-23(2,3)13-12-18-7-4-8-19(14-16)21(18)22(17)20/h4-15,18H,1-3H3. The maximum Gasteiger partial charge on any atom is 0.0214 e. The molecule has 0 nitrogen and oxygen atoms in total. The van der Waals surface area contributed by atoms with E-state index in [0.29, 0.717) is 5.92 Å². The first-order chi connectivity index (χ1) is 11.0. The van der Waals surface area contributed by atoms with Crippen molar-refractivity contribution in [2.24, 2.45) is 11.3 Å². The van der Waals surface area contributed by atoms with E-state index in [1.165, 1.54) is 32.7 Å². The summed E-state index contributed by atoms with van der Waals surface area (Å²) in [5, 5.41) is 2.74. The van der Waals surface area contributed by atoms with E-state index in [0.717, 1.165) is 0 Å². The van der Waals surface area contributed by atoms with Crippen molar-refractivity contribution >= 4 is 17.7 Å². The quantitative estimate of drug-likeness (QED) is 0.627. The molecule has 0 saturated carbocycles. The molecule has 1 atom stereocenters. The lowest BCUT2D eigenvalue weighted by Crippen LogP contribution is -2.35. The Hall–Kier alpha value is -2.34. The summed E-state index contributed by atoms with van der Waals surface area (Å²) in [6.07, 6.45) is 20.7. The molecule has 0 aliphatic heterocycles. The predicted molar refractivity (Wildman–Crippen MR) is 100.0 cm³/mol. The lowest BCUT2D eigenvalue weighted by Gasteiger charge is -2.25. The van der Waals surface area contributed by atoms with Crippen LogP contribution in [0.25, 0.3) is 17.7 Å². The summed E-state index contributed by atoms with van der Waals surface area (Å²) in [6.45, 7) is 6.73. The third-order valence-electron chi connectivity index (χ3n) is 4.81. The zero-order valence-electron chi connectivity index (χ0n) is 14.0. The van der Waals surface area contributed by atoms with Crippen molar-refractivity contribution in [3.63, 3.8) is 0 Å². The smallest absolute Gasteiger partial charge is 0.0214 e. The maximum absolute atomic E-state index is 2.40. The molecule has 0 aromatic heterocycles. The molecule has 1 aromatic rings. The van der Waals surface area contributed by atoms with Crippen LogP contribution in [0, 0.1) is 11.3 Å². The van der Waals surface area contributed by atoms with Gasteiger partial charge in [-0.05, 0) is 34.1 Å². The van der Waals surface area contributed by atoms with E-state index in [1.807, 2.05) is 0 Å². The molecule has 0 saturated heterocycles. The first-order valence-corrected chi connectivity index (χ1v) is 8.34. The van der Waals surface area contributed by atoms with Crippen LogP contribution in [0.3, 0.4) is 0 Å². The Balaban J connectivity index is 2.23. The van der Waals surface area contributed by atoms with E-state index in [1.54, 1.807) is 0 Å². The van der Waals surface area contributed by atoms with Gasteiger partial charge in [0, 0.05) is 11.3 Å². The number of allylic oxidation sites excluding steroid dienone is 9. The summed E-state index contributed by atoms with van der Waals surface area (Å²) in [7, 11) is 0. The van der Waals surface area contributed by atoms with Gasteiger partial charge in [-0.1, -0.05) is 92.3 Å². The van der Waals surface area contributed by atoms with Gasteiger partial charge < -0.3 is 0 Å². The Morgan fingerprint density at radius 3 is 2.78 bits per heavy atom. The lowest BCUT2D eigenvalue weighted by atomic mass is 9.79. The van der Waals surface area contributed by atoms with Gasteiger partial charge in [0.2, 0.25) is 0 Å². The average molecular weight is 298 g/mol. The van der Waals surface area contributed by atoms with Gasteiger partial charge in [-0.25, -0.2) is 0 Å². The molecule has 0 fully saturated rings. The highest BCUT2D eigenvalue weighted by Gasteiger charge is 2.21. The molecule has 0 N–H and O–H groups in total. The minimum absolute atomic E-state index is 0.0631. The molecule has 0 heterocycles. The van der Waals surface area contributed by atoms with Crippen molar-refractivity contribution in [2.75, 3.05) is 0 Å². The van der Waals surface area contributed by atoms with E-state index in [2.05, 4.69) is 93.7 Å². The van der Waals surface area contributed by atoms with Crippen LogP contribution in [-0.2, 0) is 0 Å². The van der Waals surface area contributed by atoms with Gasteiger partial charge in [-0.2, -0.15) is 0 Å². The molecule has 3 aliphatic rings. The second-order valence-electron chi connectivity index (χ2n) is 7.30. The molecule has 114 valence electrons. The van der Waals surface area contributed by atoms with Gasteiger partial charge in [0.25, 0.3) is 0 Å². The van der Waals surface area contributed by atoms with E-state index in [9.17, 15) is 0 Å². The molecule has 0 amide bonds. The summed E-state index contributed by atoms with van der Waals surface area (Å²) in [6, 6.07) is 6.67. The Labute approximate surface area is 138 Å². The van der Waals surface area contributed by atoms with E-state index < -0.39 is 0 Å². The fraction of sp³-hybridized carbons (Fsp3) is 0.217. The van der Waals surface area contributed by atoms with Crippen LogP contribution in [0.5, 0.6) is 0 Å². The summed E-state index contributed by atoms with van der Waals surface area (Å²) in [5.74, 6) is 0.346. The van der Waals surface area contributed by atoms with Crippen molar-refractivity contribution < 1.29 is 0 Å². The molecule has 1 aromatic carbocycles. The molecule has 3 aliphatic carbocycles. The van der Waals surface area contributed by atoms with Gasteiger partial charge in [0.05, 0.1) is 0 Å². The number of hydrogen-bond acceptors (Lipinski definition) is 0. The monoisotopic (exact) mass is 298 g/mol. The predicted octanol–water partition coefficient (Wildman–Crippen LogP) is 4.30. The van der Waals surface area contributed by atoms with Crippen molar-refractivity contribution in [1.29, 1.82) is 0 Å². The highest BCUT2D eigenvalue weighted by atomic mass is 14.3. The number of benzene rings is 1. The van der Waals surface area contributed by atoms with Crippen LogP contribution in [0.4, 0.5) is 0 Å². The van der Waals surface area contributed by atoms with Crippen LogP contribution in [0.15, 0.2) is 71.9 Å². The van der Waals surface area contributed by atoms with Crippen LogP contribution >= 0.6 is 0 Å². The van der Waals surface area contributed by atoms with Crippen LogP contribution in [-0.4, -0.2) is 0 Å². The highest BCUT2D eigenvalue weighted by molar-refractivity contribution is 5.80. The first-order valence-electron chi connectivity index (χ1n) is 8.34. The molecule has 23 heavy (non-hydrogen) atoms. The summed E-state index contributed by atoms with van der Waals surface area (Å²) in [5.41, 5.74) is 5.45. The highest BCUT2D eigenvalue weighted by Crippen LogP contribution is 2.32. The van der Waals surface area contributed by atoms with E-state index in [-0.39, 0.29) is 5.41 Å². The zero-order valence-corrected chi connectivity index (χ0v) is 14.0. The van der Waals surface area contributed by atoms with Crippen LogP contribution in [0.1, 0.15) is 26.3 Å². The Morgan fingerprint density at radius 2 is 1.91 bits per heavy atom. The van der Waals surface area contributed by atoms with Gasteiger partial charge in [-0.15, -0.1) is 0 Å². The second kappa shape index (κ2) is 5.09. The number of hydrogen-bond donors (Lipinski definition) is 0. The van der Waals surface area contributed by atoms with Crippen LogP contribution < -0.4 is 10.4 Å². The third-order valence-corrected chi connectivity index (χ3v) is 4.81. The Bertz CT molecular complexity index is 940. The van der Waals surface area contributed by atoms with Gasteiger partial charge >= 0.3 is 0 Å². The molecule has 0 spiro atoms. The lowest BCUT2D eigenvalue weighted by molar-refractivity contribution is 0.663. The minimum atomic E-state index is 0.0631. The molecule has 4 rings (SSSR count). The van der Waals surface area contributed by atoms with Gasteiger partial charge in [0.15, 0.2) is 0 Å². The number of rotatable bonds is 0. The first kappa shape index (κ1) is 14.3. The molecule has 1 unspecified atom stereocenters. The van der Waals surface area contributed by atoms with E-state index >= 15 is 0 Å². The molecular formula is C23H22. The largest absolute Gasteiger partial charge is 0.0781 e. The van der Waals surface area contributed by atoms with Gasteiger partial charge in [0.1, 0.15) is 0 Å². The summed E-state index contributed by atoms with van der Waals surface area (Å²) in [4.78, 5) is 0. The maximum atomic E-state index is 2.40. The SMILES string of the molecule is CC1=CC2=CC=CC3C=CC(C)(C)C=c4cccc(c4=C23)C=C1. The summed E-state index contributed by atoms with van der Waals surface area (Å²) >= 11 is 0. The molecule has 0 heteroatoms.